The first-order chi connectivity index (χ1) is 12.1. The number of hydrogen-bond acceptors (Lipinski definition) is 5. The van der Waals surface area contributed by atoms with Crippen molar-refractivity contribution < 1.29 is 23.8 Å². The van der Waals surface area contributed by atoms with Gasteiger partial charge in [0.2, 0.25) is 0 Å². The van der Waals surface area contributed by atoms with Crippen molar-refractivity contribution in [3.8, 4) is 11.5 Å². The van der Waals surface area contributed by atoms with Gasteiger partial charge in [0.15, 0.2) is 12.7 Å². The van der Waals surface area contributed by atoms with Gasteiger partial charge in [-0.05, 0) is 50.2 Å². The average Bonchev–Trinajstić information content (AvgIpc) is 2.62. The number of carbonyl (C=O) groups is 2. The van der Waals surface area contributed by atoms with Gasteiger partial charge in [0, 0.05) is 5.69 Å². The van der Waals surface area contributed by atoms with Gasteiger partial charge in [0.1, 0.15) is 11.5 Å². The Balaban J connectivity index is 1.75. The third kappa shape index (κ3) is 6.18. The Morgan fingerprint density at radius 2 is 1.68 bits per heavy atom. The predicted molar refractivity (Wildman–Crippen MR) is 93.7 cm³/mol. The van der Waals surface area contributed by atoms with E-state index in [0.29, 0.717) is 18.0 Å². The molecule has 2 aromatic rings. The zero-order chi connectivity index (χ0) is 18.1. The lowest BCUT2D eigenvalue weighted by molar-refractivity contribution is -0.153. The van der Waals surface area contributed by atoms with Crippen molar-refractivity contribution in [2.24, 2.45) is 0 Å². The highest BCUT2D eigenvalue weighted by atomic mass is 16.6. The standard InChI is InChI=1S/C19H21NO5/c1-3-23-16-11-9-15(10-12-16)20-18(21)13-24-19(22)14(2)25-17-7-5-4-6-8-17/h4-12,14H,3,13H2,1-2H3,(H,20,21)/t14-/m1/s1. The Morgan fingerprint density at radius 1 is 1.00 bits per heavy atom. The normalized spacial score (nSPS) is 11.3. The molecule has 6 nitrogen and oxygen atoms in total. The molecule has 0 fully saturated rings. The molecule has 2 rings (SSSR count). The molecule has 1 amide bonds. The third-order valence-corrected chi connectivity index (χ3v) is 3.18. The number of nitrogens with one attached hydrogen (secondary N) is 1. The van der Waals surface area contributed by atoms with Gasteiger partial charge < -0.3 is 19.5 Å². The van der Waals surface area contributed by atoms with Gasteiger partial charge in [-0.25, -0.2) is 4.79 Å². The summed E-state index contributed by atoms with van der Waals surface area (Å²) in [5, 5.41) is 2.64. The number of rotatable bonds is 8. The Labute approximate surface area is 146 Å². The molecular formula is C19H21NO5. The van der Waals surface area contributed by atoms with E-state index in [4.69, 9.17) is 14.2 Å². The summed E-state index contributed by atoms with van der Waals surface area (Å²) in [7, 11) is 0. The van der Waals surface area contributed by atoms with E-state index < -0.39 is 18.0 Å². The fraction of sp³-hybridized carbons (Fsp3) is 0.263. The highest BCUT2D eigenvalue weighted by molar-refractivity contribution is 5.93. The fourth-order valence-corrected chi connectivity index (χ4v) is 2.00. The SMILES string of the molecule is CCOc1ccc(NC(=O)COC(=O)[C@@H](C)Oc2ccccc2)cc1. The van der Waals surface area contributed by atoms with Gasteiger partial charge in [0.05, 0.1) is 6.61 Å². The summed E-state index contributed by atoms with van der Waals surface area (Å²) >= 11 is 0. The van der Waals surface area contributed by atoms with Crippen molar-refractivity contribution in [3.63, 3.8) is 0 Å². The van der Waals surface area contributed by atoms with Crippen molar-refractivity contribution in [1.29, 1.82) is 0 Å². The Morgan fingerprint density at radius 3 is 2.32 bits per heavy atom. The second kappa shape index (κ2) is 9.32. The Kier molecular flexibility index (Phi) is 6.83. The molecule has 6 heteroatoms. The molecule has 0 unspecified atom stereocenters. The molecule has 0 aromatic heterocycles. The summed E-state index contributed by atoms with van der Waals surface area (Å²) in [5.41, 5.74) is 0.595. The lowest BCUT2D eigenvalue weighted by Gasteiger charge is -2.14. The second-order valence-electron chi connectivity index (χ2n) is 5.19. The Bertz CT molecular complexity index is 685. The molecule has 1 N–H and O–H groups in total. The summed E-state index contributed by atoms with van der Waals surface area (Å²) in [6.45, 7) is 3.66. The highest BCUT2D eigenvalue weighted by Gasteiger charge is 2.17. The molecule has 0 aliphatic heterocycles. The topological polar surface area (TPSA) is 73.9 Å². The molecule has 1 atom stereocenters. The molecule has 0 heterocycles. The third-order valence-electron chi connectivity index (χ3n) is 3.18. The van der Waals surface area contributed by atoms with Crippen LogP contribution in [0, 0.1) is 0 Å². The zero-order valence-electron chi connectivity index (χ0n) is 14.2. The van der Waals surface area contributed by atoms with Crippen LogP contribution in [0.1, 0.15) is 13.8 Å². The maximum Gasteiger partial charge on any atom is 0.347 e. The smallest absolute Gasteiger partial charge is 0.347 e. The van der Waals surface area contributed by atoms with Crippen LogP contribution in [0.25, 0.3) is 0 Å². The highest BCUT2D eigenvalue weighted by Crippen LogP contribution is 2.15. The minimum atomic E-state index is -0.805. The summed E-state index contributed by atoms with van der Waals surface area (Å²) in [5.74, 6) is 0.250. The first-order valence-electron chi connectivity index (χ1n) is 7.99. The van der Waals surface area contributed by atoms with Crippen molar-refractivity contribution in [3.05, 3.63) is 54.6 Å². The minimum absolute atomic E-state index is 0.380. The van der Waals surface area contributed by atoms with Crippen LogP contribution in [-0.4, -0.2) is 31.2 Å². The van der Waals surface area contributed by atoms with Crippen LogP contribution in [0.2, 0.25) is 0 Å². The van der Waals surface area contributed by atoms with Crippen LogP contribution in [0.4, 0.5) is 5.69 Å². The molecule has 25 heavy (non-hydrogen) atoms. The van der Waals surface area contributed by atoms with Gasteiger partial charge in [-0.3, -0.25) is 4.79 Å². The largest absolute Gasteiger partial charge is 0.494 e. The van der Waals surface area contributed by atoms with Crippen LogP contribution in [0.3, 0.4) is 0 Å². The summed E-state index contributed by atoms with van der Waals surface area (Å²) in [4.78, 5) is 23.7. The van der Waals surface area contributed by atoms with E-state index in [9.17, 15) is 9.59 Å². The molecule has 132 valence electrons. The van der Waals surface area contributed by atoms with Crippen molar-refractivity contribution >= 4 is 17.6 Å². The molecule has 0 saturated carbocycles. The number of para-hydroxylation sites is 1. The quantitative estimate of drug-likeness (QED) is 0.746. The molecular weight excluding hydrogens is 322 g/mol. The van der Waals surface area contributed by atoms with Crippen molar-refractivity contribution in [2.75, 3.05) is 18.5 Å². The molecule has 0 aliphatic rings. The Hall–Kier alpha value is -3.02. The second-order valence-corrected chi connectivity index (χ2v) is 5.19. The van der Waals surface area contributed by atoms with E-state index in [0.717, 1.165) is 5.75 Å². The minimum Gasteiger partial charge on any atom is -0.494 e. The lowest BCUT2D eigenvalue weighted by atomic mass is 10.3. The number of esters is 1. The van der Waals surface area contributed by atoms with Gasteiger partial charge in [-0.15, -0.1) is 0 Å². The van der Waals surface area contributed by atoms with E-state index >= 15 is 0 Å². The molecule has 0 radical (unpaired) electrons. The van der Waals surface area contributed by atoms with Crippen LogP contribution < -0.4 is 14.8 Å². The monoisotopic (exact) mass is 343 g/mol. The summed E-state index contributed by atoms with van der Waals surface area (Å²) in [6.07, 6.45) is -0.805. The number of carbonyl (C=O) groups excluding carboxylic acids is 2. The van der Waals surface area contributed by atoms with Gasteiger partial charge in [-0.1, -0.05) is 18.2 Å². The number of hydrogen-bond donors (Lipinski definition) is 1. The van der Waals surface area contributed by atoms with Gasteiger partial charge in [0.25, 0.3) is 5.91 Å². The zero-order valence-corrected chi connectivity index (χ0v) is 14.2. The molecule has 0 spiro atoms. The van der Waals surface area contributed by atoms with E-state index in [2.05, 4.69) is 5.32 Å². The number of ether oxygens (including phenoxy) is 3. The van der Waals surface area contributed by atoms with Crippen LogP contribution in [-0.2, 0) is 14.3 Å². The van der Waals surface area contributed by atoms with Crippen LogP contribution in [0.5, 0.6) is 11.5 Å². The van der Waals surface area contributed by atoms with E-state index in [1.165, 1.54) is 0 Å². The average molecular weight is 343 g/mol. The number of benzene rings is 2. The molecule has 0 bridgehead atoms. The molecule has 2 aromatic carbocycles. The maximum absolute atomic E-state index is 11.9. The van der Waals surface area contributed by atoms with Crippen LogP contribution >= 0.6 is 0 Å². The fourth-order valence-electron chi connectivity index (χ4n) is 2.00. The molecule has 0 saturated heterocycles. The first-order valence-corrected chi connectivity index (χ1v) is 7.99. The summed E-state index contributed by atoms with van der Waals surface area (Å²) in [6, 6.07) is 15.9. The lowest BCUT2D eigenvalue weighted by Crippen LogP contribution is -2.29. The van der Waals surface area contributed by atoms with Gasteiger partial charge in [-0.2, -0.15) is 0 Å². The molecule has 0 aliphatic carbocycles. The first kappa shape index (κ1) is 18.3. The maximum atomic E-state index is 11.9. The van der Waals surface area contributed by atoms with E-state index in [1.807, 2.05) is 13.0 Å². The van der Waals surface area contributed by atoms with Crippen molar-refractivity contribution in [1.82, 2.24) is 0 Å². The predicted octanol–water partition coefficient (Wildman–Crippen LogP) is 3.03. The number of anilines is 1. The van der Waals surface area contributed by atoms with E-state index in [1.54, 1.807) is 55.5 Å². The van der Waals surface area contributed by atoms with Crippen LogP contribution in [0.15, 0.2) is 54.6 Å². The number of amides is 1. The van der Waals surface area contributed by atoms with Crippen molar-refractivity contribution in [2.45, 2.75) is 20.0 Å². The van der Waals surface area contributed by atoms with E-state index in [-0.39, 0.29) is 6.61 Å². The van der Waals surface area contributed by atoms with Gasteiger partial charge >= 0.3 is 5.97 Å². The summed E-state index contributed by atoms with van der Waals surface area (Å²) < 4.78 is 15.7.